The van der Waals surface area contributed by atoms with Gasteiger partial charge in [0, 0.05) is 22.9 Å². The summed E-state index contributed by atoms with van der Waals surface area (Å²) in [5.74, 6) is -1.20. The molecule has 3 aromatic heterocycles. The third-order valence-corrected chi connectivity index (χ3v) is 6.51. The fraction of sp³-hybridized carbons (Fsp3) is 0.182. The Morgan fingerprint density at radius 3 is 2.74 bits per heavy atom. The zero-order valence-electron chi connectivity index (χ0n) is 17.1. The topological polar surface area (TPSA) is 90.3 Å². The number of anilines is 1. The van der Waals surface area contributed by atoms with E-state index in [-0.39, 0.29) is 17.9 Å². The van der Waals surface area contributed by atoms with Crippen molar-refractivity contribution in [3.8, 4) is 10.4 Å². The van der Waals surface area contributed by atoms with Gasteiger partial charge in [-0.1, -0.05) is 17.7 Å². The maximum Gasteiger partial charge on any atom is 0.341 e. The lowest BCUT2D eigenvalue weighted by Crippen LogP contribution is -2.26. The van der Waals surface area contributed by atoms with E-state index in [0.717, 1.165) is 10.4 Å². The summed E-state index contributed by atoms with van der Waals surface area (Å²) < 4.78 is 6.71. The highest BCUT2D eigenvalue weighted by atomic mass is 32.1. The van der Waals surface area contributed by atoms with Crippen molar-refractivity contribution in [1.29, 1.82) is 0 Å². The summed E-state index contributed by atoms with van der Waals surface area (Å²) in [6.07, 6.45) is 0. The van der Waals surface area contributed by atoms with Gasteiger partial charge in [-0.3, -0.25) is 14.3 Å². The predicted molar refractivity (Wildman–Crippen MR) is 123 cm³/mol. The number of ether oxygens (including phenoxy) is 1. The van der Waals surface area contributed by atoms with Gasteiger partial charge >= 0.3 is 5.97 Å². The van der Waals surface area contributed by atoms with E-state index >= 15 is 0 Å². The molecule has 9 heteroatoms. The van der Waals surface area contributed by atoms with Crippen LogP contribution in [0.5, 0.6) is 0 Å². The minimum Gasteiger partial charge on any atom is -0.462 e. The Balaban J connectivity index is 1.77. The summed E-state index contributed by atoms with van der Waals surface area (Å²) in [5.41, 5.74) is 1.81. The van der Waals surface area contributed by atoms with Crippen LogP contribution in [0.1, 0.15) is 33.3 Å². The molecule has 7 nitrogen and oxygen atoms in total. The number of amides is 1. The van der Waals surface area contributed by atoms with Crippen molar-refractivity contribution >= 4 is 50.5 Å². The maximum absolute atomic E-state index is 13.0. The van der Waals surface area contributed by atoms with E-state index in [2.05, 4.69) is 10.4 Å². The van der Waals surface area contributed by atoms with E-state index < -0.39 is 17.3 Å². The van der Waals surface area contributed by atoms with Crippen LogP contribution in [0.25, 0.3) is 21.3 Å². The molecule has 158 valence electrons. The zero-order chi connectivity index (χ0) is 22.1. The Kier molecular flexibility index (Phi) is 5.71. The van der Waals surface area contributed by atoms with Gasteiger partial charge in [0.1, 0.15) is 10.6 Å². The summed E-state index contributed by atoms with van der Waals surface area (Å²) in [5, 5.41) is 11.3. The Morgan fingerprint density at radius 2 is 2.03 bits per heavy atom. The first-order valence-electron chi connectivity index (χ1n) is 9.52. The molecule has 0 atom stereocenters. The molecule has 0 saturated carbocycles. The van der Waals surface area contributed by atoms with Gasteiger partial charge in [0.15, 0.2) is 5.69 Å². The van der Waals surface area contributed by atoms with Crippen molar-refractivity contribution in [2.24, 2.45) is 7.05 Å². The number of esters is 1. The van der Waals surface area contributed by atoms with Crippen LogP contribution in [-0.4, -0.2) is 28.3 Å². The highest BCUT2D eigenvalue weighted by Crippen LogP contribution is 2.38. The SMILES string of the molecule is CCOC(=O)c1c(-c2cccs2)csc1NC(=O)c1nn(C)c2ccc(C)cc2c1=O. The van der Waals surface area contributed by atoms with Gasteiger partial charge in [-0.25, -0.2) is 4.79 Å². The fourth-order valence-electron chi connectivity index (χ4n) is 3.27. The molecule has 0 spiro atoms. The highest BCUT2D eigenvalue weighted by Gasteiger charge is 2.25. The van der Waals surface area contributed by atoms with Crippen LogP contribution in [0.3, 0.4) is 0 Å². The van der Waals surface area contributed by atoms with Crippen molar-refractivity contribution in [3.63, 3.8) is 0 Å². The number of thiophene rings is 2. The van der Waals surface area contributed by atoms with Gasteiger partial charge in [0.25, 0.3) is 5.91 Å². The van der Waals surface area contributed by atoms with Crippen molar-refractivity contribution in [1.82, 2.24) is 9.78 Å². The number of carbonyl (C=O) groups is 2. The second-order valence-electron chi connectivity index (χ2n) is 6.83. The number of nitrogens with one attached hydrogen (secondary N) is 1. The first-order chi connectivity index (χ1) is 14.9. The van der Waals surface area contributed by atoms with Gasteiger partial charge in [0.05, 0.1) is 17.5 Å². The number of hydrogen-bond donors (Lipinski definition) is 1. The molecule has 4 rings (SSSR count). The normalized spacial score (nSPS) is 10.9. The molecule has 0 bridgehead atoms. The molecule has 3 heterocycles. The molecule has 0 unspecified atom stereocenters. The summed E-state index contributed by atoms with van der Waals surface area (Å²) >= 11 is 2.69. The molecule has 1 aromatic carbocycles. The molecule has 0 saturated heterocycles. The lowest BCUT2D eigenvalue weighted by molar-refractivity contribution is 0.0529. The monoisotopic (exact) mass is 453 g/mol. The van der Waals surface area contributed by atoms with Gasteiger partial charge in [0.2, 0.25) is 5.43 Å². The standard InChI is InChI=1S/C22H19N3O4S2/c1-4-29-22(28)17-14(16-6-5-9-30-16)11-31-21(17)23-20(27)18-19(26)13-10-12(2)7-8-15(13)25(3)24-18/h5-11H,4H2,1-3H3,(H,23,27). The lowest BCUT2D eigenvalue weighted by Gasteiger charge is -2.10. The Labute approximate surface area is 185 Å². The molecule has 4 aromatic rings. The van der Waals surface area contributed by atoms with Crippen molar-refractivity contribution < 1.29 is 14.3 Å². The van der Waals surface area contributed by atoms with Crippen molar-refractivity contribution in [3.05, 3.63) is 68.1 Å². The number of carbonyl (C=O) groups excluding carboxylic acids is 2. The smallest absolute Gasteiger partial charge is 0.341 e. The number of benzene rings is 1. The summed E-state index contributed by atoms with van der Waals surface area (Å²) in [6.45, 7) is 3.80. The predicted octanol–water partition coefficient (Wildman–Crippen LogP) is 4.46. The number of aromatic nitrogens is 2. The Hall–Kier alpha value is -3.30. The number of fused-ring (bicyclic) bond motifs is 1. The van der Waals surface area contributed by atoms with Gasteiger partial charge < -0.3 is 10.1 Å². The van der Waals surface area contributed by atoms with Crippen LogP contribution in [0, 0.1) is 6.92 Å². The molecule has 0 aliphatic heterocycles. The van der Waals surface area contributed by atoms with Gasteiger partial charge in [-0.2, -0.15) is 5.10 Å². The number of hydrogen-bond acceptors (Lipinski definition) is 7. The zero-order valence-corrected chi connectivity index (χ0v) is 18.7. The molecule has 0 aliphatic rings. The van der Waals surface area contributed by atoms with Crippen LogP contribution < -0.4 is 10.7 Å². The van der Waals surface area contributed by atoms with Crippen LogP contribution in [0.2, 0.25) is 0 Å². The molecule has 0 fully saturated rings. The lowest BCUT2D eigenvalue weighted by atomic mass is 10.1. The van der Waals surface area contributed by atoms with Crippen LogP contribution in [0.15, 0.2) is 45.9 Å². The van der Waals surface area contributed by atoms with E-state index in [1.165, 1.54) is 27.4 Å². The van der Waals surface area contributed by atoms with Crippen molar-refractivity contribution in [2.75, 3.05) is 11.9 Å². The van der Waals surface area contributed by atoms with Crippen molar-refractivity contribution in [2.45, 2.75) is 13.8 Å². The number of rotatable bonds is 5. The summed E-state index contributed by atoms with van der Waals surface area (Å²) in [6, 6.07) is 9.19. The fourth-order valence-corrected chi connectivity index (χ4v) is 5.04. The minimum absolute atomic E-state index is 0.206. The molecular formula is C22H19N3O4S2. The van der Waals surface area contributed by atoms with E-state index in [1.54, 1.807) is 31.5 Å². The van der Waals surface area contributed by atoms with Crippen LogP contribution in [-0.2, 0) is 11.8 Å². The second-order valence-corrected chi connectivity index (χ2v) is 8.65. The molecular weight excluding hydrogens is 434 g/mol. The molecule has 0 radical (unpaired) electrons. The van der Waals surface area contributed by atoms with E-state index in [9.17, 15) is 14.4 Å². The summed E-state index contributed by atoms with van der Waals surface area (Å²) in [7, 11) is 1.68. The maximum atomic E-state index is 13.0. The Morgan fingerprint density at radius 1 is 1.23 bits per heavy atom. The number of nitrogens with zero attached hydrogens (tertiary/aromatic N) is 2. The molecule has 1 N–H and O–H groups in total. The summed E-state index contributed by atoms with van der Waals surface area (Å²) in [4.78, 5) is 39.5. The quantitative estimate of drug-likeness (QED) is 0.451. The third-order valence-electron chi connectivity index (χ3n) is 4.71. The molecule has 31 heavy (non-hydrogen) atoms. The highest BCUT2D eigenvalue weighted by molar-refractivity contribution is 7.17. The van der Waals surface area contributed by atoms with Crippen LogP contribution >= 0.6 is 22.7 Å². The van der Waals surface area contributed by atoms with Gasteiger partial charge in [-0.05, 0) is 37.4 Å². The van der Waals surface area contributed by atoms with Gasteiger partial charge in [-0.15, -0.1) is 22.7 Å². The Bertz CT molecular complexity index is 1350. The van der Waals surface area contributed by atoms with E-state index in [4.69, 9.17) is 4.74 Å². The first-order valence-corrected chi connectivity index (χ1v) is 11.3. The molecule has 1 amide bonds. The van der Waals surface area contributed by atoms with Crippen LogP contribution in [0.4, 0.5) is 5.00 Å². The van der Waals surface area contributed by atoms with E-state index in [1.807, 2.05) is 30.5 Å². The number of aryl methyl sites for hydroxylation is 2. The second kappa shape index (κ2) is 8.44. The first kappa shape index (κ1) is 21.0. The third kappa shape index (κ3) is 3.89. The molecule has 0 aliphatic carbocycles. The average molecular weight is 454 g/mol. The largest absolute Gasteiger partial charge is 0.462 e. The average Bonchev–Trinajstić information content (AvgIpc) is 3.40. The minimum atomic E-state index is -0.672. The van der Waals surface area contributed by atoms with E-state index in [0.29, 0.717) is 21.5 Å².